The van der Waals surface area contributed by atoms with Gasteiger partial charge in [0.2, 0.25) is 0 Å². The summed E-state index contributed by atoms with van der Waals surface area (Å²) >= 11 is 0. The lowest BCUT2D eigenvalue weighted by atomic mass is 9.78. The summed E-state index contributed by atoms with van der Waals surface area (Å²) in [4.78, 5) is 14.4. The van der Waals surface area contributed by atoms with E-state index in [-0.39, 0.29) is 17.0 Å². The van der Waals surface area contributed by atoms with E-state index in [0.717, 1.165) is 12.8 Å². The number of nitrogens with zero attached hydrogens (tertiary/aromatic N) is 2. The molecule has 92 valence electrons. The minimum atomic E-state index is -0.462. The molecule has 2 rings (SSSR count). The van der Waals surface area contributed by atoms with E-state index in [1.54, 1.807) is 0 Å². The summed E-state index contributed by atoms with van der Waals surface area (Å²) in [5.74, 6) is 6.00. The number of pyridine rings is 1. The predicted octanol–water partition coefficient (Wildman–Crippen LogP) is 1.63. The van der Waals surface area contributed by atoms with Crippen molar-refractivity contribution in [3.63, 3.8) is 0 Å². The second-order valence-electron chi connectivity index (χ2n) is 4.54. The first-order chi connectivity index (χ1) is 8.02. The quantitative estimate of drug-likeness (QED) is 0.417. The maximum Gasteiger partial charge on any atom is 0.276 e. The molecule has 1 aromatic rings. The van der Waals surface area contributed by atoms with Crippen molar-refractivity contribution in [2.45, 2.75) is 31.7 Å². The highest BCUT2D eigenvalue weighted by molar-refractivity contribution is 5.55. The standard InChI is InChI=1S/C10H15N5O2/c1-10(3-2-4-10)13-8-5-7(15(16)17)6-9(12-8)14-11/h5-6H,2-4,11H2,1H3,(H2,12,13,14). The molecule has 1 aliphatic rings. The highest BCUT2D eigenvalue weighted by atomic mass is 16.6. The Morgan fingerprint density at radius 3 is 2.59 bits per heavy atom. The summed E-state index contributed by atoms with van der Waals surface area (Å²) < 4.78 is 0. The fraction of sp³-hybridized carbons (Fsp3) is 0.500. The summed E-state index contributed by atoms with van der Waals surface area (Å²) in [7, 11) is 0. The molecule has 1 saturated carbocycles. The van der Waals surface area contributed by atoms with Gasteiger partial charge in [-0.2, -0.15) is 0 Å². The van der Waals surface area contributed by atoms with Crippen molar-refractivity contribution in [1.82, 2.24) is 4.98 Å². The maximum atomic E-state index is 10.8. The molecule has 17 heavy (non-hydrogen) atoms. The van der Waals surface area contributed by atoms with Crippen molar-refractivity contribution in [2.75, 3.05) is 10.7 Å². The number of aromatic nitrogens is 1. The predicted molar refractivity (Wildman–Crippen MR) is 64.6 cm³/mol. The molecule has 0 bridgehead atoms. The van der Waals surface area contributed by atoms with Gasteiger partial charge in [-0.15, -0.1) is 0 Å². The number of hydrogen-bond acceptors (Lipinski definition) is 6. The second-order valence-corrected chi connectivity index (χ2v) is 4.54. The Bertz CT molecular complexity index is 444. The van der Waals surface area contributed by atoms with Gasteiger partial charge >= 0.3 is 0 Å². The van der Waals surface area contributed by atoms with Crippen LogP contribution >= 0.6 is 0 Å². The van der Waals surface area contributed by atoms with Crippen LogP contribution in [0, 0.1) is 10.1 Å². The molecule has 7 nitrogen and oxygen atoms in total. The van der Waals surface area contributed by atoms with Crippen LogP contribution in [0.4, 0.5) is 17.3 Å². The number of nitrogens with two attached hydrogens (primary N) is 1. The molecular formula is C10H15N5O2. The minimum absolute atomic E-state index is 0.00586. The Hall–Kier alpha value is -1.89. The van der Waals surface area contributed by atoms with E-state index < -0.39 is 4.92 Å². The monoisotopic (exact) mass is 237 g/mol. The largest absolute Gasteiger partial charge is 0.365 e. The number of rotatable bonds is 4. The topological polar surface area (TPSA) is 106 Å². The lowest BCUT2D eigenvalue weighted by molar-refractivity contribution is -0.384. The SMILES string of the molecule is CC1(Nc2cc([N+](=O)[O-])cc(NN)n2)CCC1. The lowest BCUT2D eigenvalue weighted by Crippen LogP contribution is -2.41. The normalized spacial score (nSPS) is 17.1. The van der Waals surface area contributed by atoms with Gasteiger partial charge < -0.3 is 10.7 Å². The van der Waals surface area contributed by atoms with Crippen molar-refractivity contribution >= 4 is 17.3 Å². The summed E-state index contributed by atoms with van der Waals surface area (Å²) in [6.07, 6.45) is 3.26. The van der Waals surface area contributed by atoms with Gasteiger partial charge in [0.05, 0.1) is 17.1 Å². The van der Waals surface area contributed by atoms with Gasteiger partial charge in [0, 0.05) is 5.54 Å². The van der Waals surface area contributed by atoms with Gasteiger partial charge in [0.1, 0.15) is 11.6 Å². The zero-order valence-corrected chi connectivity index (χ0v) is 9.56. The van der Waals surface area contributed by atoms with Crippen LogP contribution in [0.1, 0.15) is 26.2 Å². The van der Waals surface area contributed by atoms with Crippen molar-refractivity contribution in [3.8, 4) is 0 Å². The van der Waals surface area contributed by atoms with Crippen molar-refractivity contribution in [2.24, 2.45) is 5.84 Å². The number of hydrazine groups is 1. The van der Waals surface area contributed by atoms with Gasteiger partial charge in [-0.25, -0.2) is 10.8 Å². The summed E-state index contributed by atoms with van der Waals surface area (Å²) in [6, 6.07) is 2.72. The van der Waals surface area contributed by atoms with Crippen molar-refractivity contribution < 1.29 is 4.92 Å². The molecule has 0 radical (unpaired) electrons. The molecule has 0 aliphatic heterocycles. The molecule has 0 aromatic carbocycles. The first-order valence-electron chi connectivity index (χ1n) is 5.44. The number of nitrogen functional groups attached to an aromatic ring is 1. The summed E-state index contributed by atoms with van der Waals surface area (Å²) in [5, 5.41) is 14.0. The highest BCUT2D eigenvalue weighted by Gasteiger charge is 2.32. The van der Waals surface area contributed by atoms with E-state index in [0.29, 0.717) is 5.82 Å². The zero-order valence-electron chi connectivity index (χ0n) is 9.56. The minimum Gasteiger partial charge on any atom is -0.365 e. The maximum absolute atomic E-state index is 10.8. The summed E-state index contributed by atoms with van der Waals surface area (Å²) in [5.41, 5.74) is 2.29. The van der Waals surface area contributed by atoms with E-state index in [4.69, 9.17) is 5.84 Å². The van der Waals surface area contributed by atoms with Crippen LogP contribution in [-0.4, -0.2) is 15.4 Å². The first kappa shape index (κ1) is 11.6. The third-order valence-corrected chi connectivity index (χ3v) is 3.06. The zero-order chi connectivity index (χ0) is 12.5. The number of nitro groups is 1. The molecular weight excluding hydrogens is 222 g/mol. The van der Waals surface area contributed by atoms with Crippen LogP contribution in [0.5, 0.6) is 0 Å². The Labute approximate surface area is 98.5 Å². The molecule has 0 saturated heterocycles. The van der Waals surface area contributed by atoms with Gasteiger partial charge in [0.25, 0.3) is 5.69 Å². The van der Waals surface area contributed by atoms with E-state index in [2.05, 4.69) is 22.7 Å². The lowest BCUT2D eigenvalue weighted by Gasteiger charge is -2.39. The molecule has 4 N–H and O–H groups in total. The summed E-state index contributed by atoms with van der Waals surface area (Å²) in [6.45, 7) is 2.08. The Morgan fingerprint density at radius 2 is 2.12 bits per heavy atom. The fourth-order valence-electron chi connectivity index (χ4n) is 1.90. The van der Waals surface area contributed by atoms with Gasteiger partial charge in [0.15, 0.2) is 0 Å². The molecule has 1 fully saturated rings. The van der Waals surface area contributed by atoms with E-state index >= 15 is 0 Å². The number of nitrogens with one attached hydrogen (secondary N) is 2. The highest BCUT2D eigenvalue weighted by Crippen LogP contribution is 2.35. The fourth-order valence-corrected chi connectivity index (χ4v) is 1.90. The molecule has 0 spiro atoms. The number of hydrogen-bond donors (Lipinski definition) is 3. The van der Waals surface area contributed by atoms with Crippen LogP contribution in [0.3, 0.4) is 0 Å². The van der Waals surface area contributed by atoms with E-state index in [9.17, 15) is 10.1 Å². The van der Waals surface area contributed by atoms with Crippen LogP contribution in [0.2, 0.25) is 0 Å². The average Bonchev–Trinajstić information content (AvgIpc) is 2.26. The van der Waals surface area contributed by atoms with Crippen LogP contribution < -0.4 is 16.6 Å². The third kappa shape index (κ3) is 2.44. The van der Waals surface area contributed by atoms with Crippen molar-refractivity contribution in [1.29, 1.82) is 0 Å². The molecule has 0 unspecified atom stereocenters. The van der Waals surface area contributed by atoms with E-state index in [1.165, 1.54) is 18.6 Å². The molecule has 0 amide bonds. The Morgan fingerprint density at radius 1 is 1.47 bits per heavy atom. The Kier molecular flexibility index (Phi) is 2.84. The second kappa shape index (κ2) is 4.17. The number of anilines is 2. The molecule has 7 heteroatoms. The van der Waals surface area contributed by atoms with Crippen LogP contribution in [0.15, 0.2) is 12.1 Å². The molecule has 1 heterocycles. The Balaban J connectivity index is 2.26. The average molecular weight is 237 g/mol. The van der Waals surface area contributed by atoms with Crippen LogP contribution in [-0.2, 0) is 0 Å². The van der Waals surface area contributed by atoms with Gasteiger partial charge in [-0.3, -0.25) is 10.1 Å². The van der Waals surface area contributed by atoms with Gasteiger partial charge in [-0.05, 0) is 26.2 Å². The molecule has 1 aromatic heterocycles. The molecule has 0 atom stereocenters. The smallest absolute Gasteiger partial charge is 0.276 e. The van der Waals surface area contributed by atoms with E-state index in [1.807, 2.05) is 0 Å². The third-order valence-electron chi connectivity index (χ3n) is 3.06. The first-order valence-corrected chi connectivity index (χ1v) is 5.44. The molecule has 1 aliphatic carbocycles. The van der Waals surface area contributed by atoms with Crippen LogP contribution in [0.25, 0.3) is 0 Å². The van der Waals surface area contributed by atoms with Crippen molar-refractivity contribution in [3.05, 3.63) is 22.2 Å². The van der Waals surface area contributed by atoms with Gasteiger partial charge in [-0.1, -0.05) is 0 Å².